The molecule has 162 valence electrons. The summed E-state index contributed by atoms with van der Waals surface area (Å²) in [5.41, 5.74) is 1.53. The summed E-state index contributed by atoms with van der Waals surface area (Å²) in [5.74, 6) is 1.03. The van der Waals surface area contributed by atoms with Gasteiger partial charge in [0.05, 0.1) is 19.1 Å². The molecule has 1 aliphatic rings. The van der Waals surface area contributed by atoms with Crippen molar-refractivity contribution in [1.82, 2.24) is 9.62 Å². The molecule has 1 aliphatic heterocycles. The first kappa shape index (κ1) is 22.1. The molecule has 2 aromatic rings. The van der Waals surface area contributed by atoms with E-state index in [0.29, 0.717) is 36.7 Å². The van der Waals surface area contributed by atoms with E-state index < -0.39 is 10.0 Å². The van der Waals surface area contributed by atoms with Crippen LogP contribution in [0.25, 0.3) is 0 Å². The van der Waals surface area contributed by atoms with Gasteiger partial charge in [0.1, 0.15) is 0 Å². The van der Waals surface area contributed by atoms with E-state index in [1.807, 2.05) is 6.92 Å². The van der Waals surface area contributed by atoms with Gasteiger partial charge in [-0.1, -0.05) is 17.7 Å². The predicted octanol–water partition coefficient (Wildman–Crippen LogP) is 2.84. The van der Waals surface area contributed by atoms with Crippen LogP contribution in [-0.4, -0.2) is 53.1 Å². The molecule has 7 nitrogen and oxygen atoms in total. The van der Waals surface area contributed by atoms with Gasteiger partial charge in [0.25, 0.3) is 5.91 Å². The van der Waals surface area contributed by atoms with Crippen molar-refractivity contribution in [2.24, 2.45) is 5.92 Å². The lowest BCUT2D eigenvalue weighted by Crippen LogP contribution is -2.43. The van der Waals surface area contributed by atoms with Crippen molar-refractivity contribution in [2.45, 2.75) is 24.7 Å². The van der Waals surface area contributed by atoms with Crippen LogP contribution in [0.3, 0.4) is 0 Å². The Balaban J connectivity index is 1.64. The summed E-state index contributed by atoms with van der Waals surface area (Å²) in [7, 11) is -0.488. The molecule has 1 atom stereocenters. The van der Waals surface area contributed by atoms with Crippen LogP contribution >= 0.6 is 0 Å². The Kier molecular flexibility index (Phi) is 6.99. The van der Waals surface area contributed by atoms with Crippen LogP contribution in [0.15, 0.2) is 47.4 Å². The van der Waals surface area contributed by atoms with Crippen LogP contribution in [0.5, 0.6) is 11.5 Å². The first-order valence-electron chi connectivity index (χ1n) is 9.91. The monoisotopic (exact) mass is 432 g/mol. The first-order valence-corrected chi connectivity index (χ1v) is 11.4. The summed E-state index contributed by atoms with van der Waals surface area (Å²) in [6.45, 7) is 3.36. The lowest BCUT2D eigenvalue weighted by Gasteiger charge is -2.33. The molecular formula is C22H28N2O5S. The molecule has 0 bridgehead atoms. The van der Waals surface area contributed by atoms with Gasteiger partial charge in [-0.3, -0.25) is 4.79 Å². The Labute approximate surface area is 178 Å². The highest BCUT2D eigenvalue weighted by atomic mass is 32.2. The number of sulfonamides is 1. The quantitative estimate of drug-likeness (QED) is 0.727. The molecule has 1 fully saturated rings. The fraction of sp³-hybridized carbons (Fsp3) is 0.409. The Hall–Kier alpha value is -2.58. The number of piperidine rings is 1. The topological polar surface area (TPSA) is 84.9 Å². The summed E-state index contributed by atoms with van der Waals surface area (Å²) < 4.78 is 38.3. The minimum Gasteiger partial charge on any atom is -0.493 e. The lowest BCUT2D eigenvalue weighted by atomic mass is 9.97. The van der Waals surface area contributed by atoms with E-state index in [1.165, 1.54) is 7.11 Å². The van der Waals surface area contributed by atoms with Crippen molar-refractivity contribution in [2.75, 3.05) is 33.9 Å². The minimum absolute atomic E-state index is 0.0584. The van der Waals surface area contributed by atoms with Gasteiger partial charge in [0.15, 0.2) is 11.5 Å². The highest BCUT2D eigenvalue weighted by molar-refractivity contribution is 7.89. The maximum atomic E-state index is 13.0. The molecule has 3 rings (SSSR count). The van der Waals surface area contributed by atoms with Crippen LogP contribution in [0.2, 0.25) is 0 Å². The second-order valence-corrected chi connectivity index (χ2v) is 9.26. The molecule has 8 heteroatoms. The third-order valence-corrected chi connectivity index (χ3v) is 6.77. The summed E-state index contributed by atoms with van der Waals surface area (Å²) in [6, 6.07) is 11.9. The number of ether oxygens (including phenoxy) is 2. The maximum Gasteiger partial charge on any atom is 0.254 e. The van der Waals surface area contributed by atoms with Crippen molar-refractivity contribution in [3.8, 4) is 11.5 Å². The van der Waals surface area contributed by atoms with Crippen LogP contribution in [-0.2, 0) is 10.0 Å². The van der Waals surface area contributed by atoms with E-state index in [4.69, 9.17) is 9.47 Å². The number of nitrogens with zero attached hydrogens (tertiary/aromatic N) is 1. The number of hydrogen-bond donors (Lipinski definition) is 1. The van der Waals surface area contributed by atoms with Crippen molar-refractivity contribution < 1.29 is 22.7 Å². The molecule has 1 heterocycles. The minimum atomic E-state index is -3.57. The Morgan fingerprint density at radius 1 is 1.10 bits per heavy atom. The van der Waals surface area contributed by atoms with Gasteiger partial charge in [-0.05, 0) is 56.0 Å². The first-order chi connectivity index (χ1) is 14.3. The summed E-state index contributed by atoms with van der Waals surface area (Å²) in [6.07, 6.45) is 1.70. The number of carbonyl (C=O) groups excluding carboxylic acids is 1. The zero-order valence-electron chi connectivity index (χ0n) is 17.6. The smallest absolute Gasteiger partial charge is 0.254 e. The van der Waals surface area contributed by atoms with Gasteiger partial charge in [-0.15, -0.1) is 0 Å². The molecule has 0 aliphatic carbocycles. The van der Waals surface area contributed by atoms with E-state index in [9.17, 15) is 13.2 Å². The van der Waals surface area contributed by atoms with Crippen LogP contribution < -0.4 is 14.2 Å². The molecule has 1 N–H and O–H groups in total. The SMILES string of the molecule is COc1ccc(C(=O)N2CCCC(CNS(=O)(=O)c3ccc(C)cc3)C2)cc1OC. The maximum absolute atomic E-state index is 13.0. The normalized spacial score (nSPS) is 16.9. The van der Waals surface area contributed by atoms with Gasteiger partial charge >= 0.3 is 0 Å². The van der Waals surface area contributed by atoms with Crippen LogP contribution in [0, 0.1) is 12.8 Å². The van der Waals surface area contributed by atoms with Gasteiger partial charge in [0, 0.05) is 25.2 Å². The summed E-state index contributed by atoms with van der Waals surface area (Å²) in [5, 5.41) is 0. The number of benzene rings is 2. The Morgan fingerprint density at radius 3 is 2.47 bits per heavy atom. The van der Waals surface area contributed by atoms with Gasteiger partial charge in [0.2, 0.25) is 10.0 Å². The van der Waals surface area contributed by atoms with E-state index in [1.54, 1.807) is 54.5 Å². The number of aryl methyl sites for hydroxylation is 1. The zero-order valence-corrected chi connectivity index (χ0v) is 18.4. The third kappa shape index (κ3) is 5.12. The van der Waals surface area contributed by atoms with Gasteiger partial charge < -0.3 is 14.4 Å². The molecule has 0 radical (unpaired) electrons. The lowest BCUT2D eigenvalue weighted by molar-refractivity contribution is 0.0676. The molecule has 0 saturated carbocycles. The molecule has 1 unspecified atom stereocenters. The van der Waals surface area contributed by atoms with Crippen LogP contribution in [0.1, 0.15) is 28.8 Å². The molecule has 1 saturated heterocycles. The highest BCUT2D eigenvalue weighted by Crippen LogP contribution is 2.29. The van der Waals surface area contributed by atoms with Crippen molar-refractivity contribution in [3.63, 3.8) is 0 Å². The second kappa shape index (κ2) is 9.49. The molecule has 0 aromatic heterocycles. The molecule has 1 amide bonds. The van der Waals surface area contributed by atoms with E-state index in [2.05, 4.69) is 4.72 Å². The third-order valence-electron chi connectivity index (χ3n) is 5.33. The van der Waals surface area contributed by atoms with Gasteiger partial charge in [-0.25, -0.2) is 13.1 Å². The van der Waals surface area contributed by atoms with Crippen LogP contribution in [0.4, 0.5) is 0 Å². The zero-order chi connectivity index (χ0) is 21.7. The number of carbonyl (C=O) groups is 1. The number of likely N-dealkylation sites (tertiary alicyclic amines) is 1. The average molecular weight is 433 g/mol. The van der Waals surface area contributed by atoms with Crippen molar-refractivity contribution in [3.05, 3.63) is 53.6 Å². The van der Waals surface area contributed by atoms with E-state index in [-0.39, 0.29) is 16.7 Å². The number of nitrogens with one attached hydrogen (secondary N) is 1. The Morgan fingerprint density at radius 2 is 1.80 bits per heavy atom. The summed E-state index contributed by atoms with van der Waals surface area (Å²) >= 11 is 0. The standard InChI is InChI=1S/C22H28N2O5S/c1-16-6-9-19(10-7-16)30(26,27)23-14-17-5-4-12-24(15-17)22(25)18-8-11-20(28-2)21(13-18)29-3/h6-11,13,17,23H,4-5,12,14-15H2,1-3H3. The molecule has 2 aromatic carbocycles. The number of methoxy groups -OCH3 is 2. The average Bonchev–Trinajstić information content (AvgIpc) is 2.77. The fourth-order valence-corrected chi connectivity index (χ4v) is 4.71. The number of amides is 1. The number of rotatable bonds is 7. The summed E-state index contributed by atoms with van der Waals surface area (Å²) in [4.78, 5) is 15.0. The molecule has 0 spiro atoms. The second-order valence-electron chi connectivity index (χ2n) is 7.49. The van der Waals surface area contributed by atoms with E-state index >= 15 is 0 Å². The number of hydrogen-bond acceptors (Lipinski definition) is 5. The Bertz CT molecular complexity index is 989. The molecular weight excluding hydrogens is 404 g/mol. The van der Waals surface area contributed by atoms with Gasteiger partial charge in [-0.2, -0.15) is 0 Å². The highest BCUT2D eigenvalue weighted by Gasteiger charge is 2.26. The van der Waals surface area contributed by atoms with Crippen molar-refractivity contribution >= 4 is 15.9 Å². The van der Waals surface area contributed by atoms with Crippen molar-refractivity contribution in [1.29, 1.82) is 0 Å². The van der Waals surface area contributed by atoms with E-state index in [0.717, 1.165) is 18.4 Å². The fourth-order valence-electron chi connectivity index (χ4n) is 3.60. The molecule has 30 heavy (non-hydrogen) atoms. The predicted molar refractivity (Wildman–Crippen MR) is 115 cm³/mol. The largest absolute Gasteiger partial charge is 0.493 e.